The van der Waals surface area contributed by atoms with Gasteiger partial charge < -0.3 is 24.8 Å². The average molecular weight is 362 g/mol. The molecule has 1 aromatic rings. The fraction of sp³-hybridized carbons (Fsp3) is 0.579. The lowest BCUT2D eigenvalue weighted by Crippen LogP contribution is -2.52. The number of morpholine rings is 1. The highest BCUT2D eigenvalue weighted by Gasteiger charge is 2.51. The van der Waals surface area contributed by atoms with Crippen molar-refractivity contribution in [3.05, 3.63) is 35.9 Å². The van der Waals surface area contributed by atoms with E-state index in [0.29, 0.717) is 25.4 Å². The molecule has 0 aliphatic carbocycles. The van der Waals surface area contributed by atoms with Gasteiger partial charge in [-0.3, -0.25) is 9.59 Å². The number of aliphatic hydroxyl groups excluding tert-OH is 1. The maximum absolute atomic E-state index is 12.7. The summed E-state index contributed by atoms with van der Waals surface area (Å²) in [6, 6.07) is 9.31. The third kappa shape index (κ3) is 4.23. The smallest absolute Gasteiger partial charge is 0.255 e. The minimum Gasteiger partial charge on any atom is -0.394 e. The number of nitrogens with one attached hydrogen (secondary N) is 1. The molecule has 2 aliphatic rings. The summed E-state index contributed by atoms with van der Waals surface area (Å²) in [6.45, 7) is 4.63. The van der Waals surface area contributed by atoms with Crippen LogP contribution in [0.3, 0.4) is 0 Å². The van der Waals surface area contributed by atoms with Crippen molar-refractivity contribution < 1.29 is 24.2 Å². The first-order valence-corrected chi connectivity index (χ1v) is 9.02. The van der Waals surface area contributed by atoms with Gasteiger partial charge in [0.2, 0.25) is 0 Å². The monoisotopic (exact) mass is 362 g/mol. The lowest BCUT2D eigenvalue weighted by atomic mass is 10.0. The van der Waals surface area contributed by atoms with Gasteiger partial charge in [-0.05, 0) is 17.9 Å². The Morgan fingerprint density at radius 3 is 2.69 bits per heavy atom. The number of amides is 2. The van der Waals surface area contributed by atoms with E-state index in [-0.39, 0.29) is 18.6 Å². The van der Waals surface area contributed by atoms with Crippen molar-refractivity contribution in [2.24, 2.45) is 5.92 Å². The van der Waals surface area contributed by atoms with Gasteiger partial charge in [0.25, 0.3) is 11.8 Å². The summed E-state index contributed by atoms with van der Waals surface area (Å²) in [5.74, 6) is -0.324. The van der Waals surface area contributed by atoms with E-state index in [2.05, 4.69) is 5.32 Å². The number of carbonyl (C=O) groups is 2. The number of benzene rings is 1. The Morgan fingerprint density at radius 2 is 2.04 bits per heavy atom. The number of hydrogen-bond donors (Lipinski definition) is 2. The van der Waals surface area contributed by atoms with Gasteiger partial charge >= 0.3 is 0 Å². The summed E-state index contributed by atoms with van der Waals surface area (Å²) in [6.07, 6.45) is -1.86. The molecule has 0 unspecified atom stereocenters. The summed E-state index contributed by atoms with van der Waals surface area (Å²) >= 11 is 0. The molecule has 2 saturated heterocycles. The Balaban J connectivity index is 1.63. The number of nitrogens with zero attached hydrogens (tertiary/aromatic N) is 1. The minimum atomic E-state index is -0.977. The molecule has 0 saturated carbocycles. The van der Waals surface area contributed by atoms with Crippen LogP contribution in [0.4, 0.5) is 0 Å². The number of carbonyl (C=O) groups excluding carboxylic acids is 2. The van der Waals surface area contributed by atoms with Crippen molar-refractivity contribution in [2.75, 3.05) is 13.2 Å². The average Bonchev–Trinajstić information content (AvgIpc) is 2.99. The van der Waals surface area contributed by atoms with Crippen molar-refractivity contribution in [1.82, 2.24) is 10.2 Å². The van der Waals surface area contributed by atoms with E-state index in [1.807, 2.05) is 44.2 Å². The molecule has 3 rings (SSSR count). The molecule has 2 amide bonds. The zero-order valence-corrected chi connectivity index (χ0v) is 15.1. The predicted molar refractivity (Wildman–Crippen MR) is 93.9 cm³/mol. The van der Waals surface area contributed by atoms with Crippen LogP contribution < -0.4 is 5.32 Å². The molecule has 0 spiro atoms. The first-order chi connectivity index (χ1) is 12.5. The number of aliphatic hydroxyl groups is 1. The summed E-state index contributed by atoms with van der Waals surface area (Å²) in [5, 5.41) is 12.2. The van der Waals surface area contributed by atoms with Gasteiger partial charge in [0.1, 0.15) is 0 Å². The maximum Gasteiger partial charge on any atom is 0.255 e. The molecular formula is C19H26N2O5. The summed E-state index contributed by atoms with van der Waals surface area (Å²) in [4.78, 5) is 26.9. The molecule has 26 heavy (non-hydrogen) atoms. The van der Waals surface area contributed by atoms with Crippen LogP contribution in [-0.4, -0.2) is 59.5 Å². The van der Waals surface area contributed by atoms with Crippen LogP contribution in [0, 0.1) is 5.92 Å². The molecule has 2 bridgehead atoms. The normalized spacial score (nSPS) is 26.2. The predicted octanol–water partition coefficient (Wildman–Crippen LogP) is 0.662. The van der Waals surface area contributed by atoms with Gasteiger partial charge in [-0.25, -0.2) is 0 Å². The Hall–Kier alpha value is -1.96. The third-order valence-corrected chi connectivity index (χ3v) is 4.59. The molecule has 142 valence electrons. The molecule has 1 aromatic carbocycles. The highest BCUT2D eigenvalue weighted by atomic mass is 16.7. The zero-order valence-electron chi connectivity index (χ0n) is 15.1. The molecule has 2 N–H and O–H groups in total. The summed E-state index contributed by atoms with van der Waals surface area (Å²) in [5.41, 5.74) is 1.01. The highest BCUT2D eigenvalue weighted by molar-refractivity contribution is 5.92. The van der Waals surface area contributed by atoms with Crippen molar-refractivity contribution in [3.63, 3.8) is 0 Å². The molecule has 0 aromatic heterocycles. The fourth-order valence-electron chi connectivity index (χ4n) is 3.40. The SMILES string of the molecule is CC(C)C[C@@H](CO)NC(=O)[C@@H]1O[C@H]2CN(Cc3ccccc3)C(=O)[C@@H]1O2. The molecule has 7 nitrogen and oxygen atoms in total. The molecule has 2 heterocycles. The van der Waals surface area contributed by atoms with Crippen molar-refractivity contribution in [2.45, 2.75) is 51.4 Å². The van der Waals surface area contributed by atoms with Crippen LogP contribution in [0.2, 0.25) is 0 Å². The van der Waals surface area contributed by atoms with E-state index in [1.54, 1.807) is 4.90 Å². The van der Waals surface area contributed by atoms with Crippen LogP contribution in [0.5, 0.6) is 0 Å². The van der Waals surface area contributed by atoms with Gasteiger partial charge in [-0.15, -0.1) is 0 Å². The maximum atomic E-state index is 12.7. The van der Waals surface area contributed by atoms with Crippen molar-refractivity contribution in [3.8, 4) is 0 Å². The van der Waals surface area contributed by atoms with Gasteiger partial charge in [0.15, 0.2) is 18.5 Å². The largest absolute Gasteiger partial charge is 0.394 e. The van der Waals surface area contributed by atoms with E-state index < -0.39 is 24.4 Å². The van der Waals surface area contributed by atoms with E-state index in [1.165, 1.54) is 0 Å². The Morgan fingerprint density at radius 1 is 1.31 bits per heavy atom. The number of rotatable bonds is 7. The Bertz CT molecular complexity index is 636. The quantitative estimate of drug-likeness (QED) is 0.744. The van der Waals surface area contributed by atoms with Gasteiger partial charge in [-0.2, -0.15) is 0 Å². The van der Waals surface area contributed by atoms with Crippen molar-refractivity contribution in [1.29, 1.82) is 0 Å². The van der Waals surface area contributed by atoms with Gasteiger partial charge in [-0.1, -0.05) is 44.2 Å². The van der Waals surface area contributed by atoms with Crippen LogP contribution >= 0.6 is 0 Å². The van der Waals surface area contributed by atoms with Gasteiger partial charge in [0, 0.05) is 6.54 Å². The zero-order chi connectivity index (χ0) is 18.7. The number of ether oxygens (including phenoxy) is 2. The van der Waals surface area contributed by atoms with Gasteiger partial charge in [0.05, 0.1) is 19.2 Å². The second kappa shape index (κ2) is 8.16. The van der Waals surface area contributed by atoms with Crippen molar-refractivity contribution >= 4 is 11.8 Å². The first kappa shape index (κ1) is 18.8. The number of hydrogen-bond acceptors (Lipinski definition) is 5. The molecular weight excluding hydrogens is 336 g/mol. The minimum absolute atomic E-state index is 0.153. The number of fused-ring (bicyclic) bond motifs is 2. The van der Waals surface area contributed by atoms with Crippen LogP contribution in [0.15, 0.2) is 30.3 Å². The topological polar surface area (TPSA) is 88.1 Å². The fourth-order valence-corrected chi connectivity index (χ4v) is 3.40. The Labute approximate surface area is 153 Å². The lowest BCUT2D eigenvalue weighted by molar-refractivity contribution is -0.162. The standard InChI is InChI=1S/C19H26N2O5/c1-12(2)8-14(11-22)20-18(23)16-17-19(24)21(10-15(25-16)26-17)9-13-6-4-3-5-7-13/h3-7,12,14-17,22H,8-11H2,1-2H3,(H,20,23)/t14-,15+,16+,17+/m0/s1. The van der Waals surface area contributed by atoms with E-state index in [4.69, 9.17) is 9.47 Å². The molecule has 2 aliphatic heterocycles. The molecule has 7 heteroatoms. The molecule has 4 atom stereocenters. The van der Waals surface area contributed by atoms with Crippen LogP contribution in [0.25, 0.3) is 0 Å². The second-order valence-corrected chi connectivity index (χ2v) is 7.26. The molecule has 2 fully saturated rings. The van der Waals surface area contributed by atoms with Crippen LogP contribution in [-0.2, 0) is 25.6 Å². The molecule has 0 radical (unpaired) electrons. The highest BCUT2D eigenvalue weighted by Crippen LogP contribution is 2.28. The van der Waals surface area contributed by atoms with Crippen LogP contribution in [0.1, 0.15) is 25.8 Å². The van der Waals surface area contributed by atoms with E-state index in [9.17, 15) is 14.7 Å². The summed E-state index contributed by atoms with van der Waals surface area (Å²) < 4.78 is 11.2. The van der Waals surface area contributed by atoms with E-state index in [0.717, 1.165) is 5.56 Å². The lowest BCUT2D eigenvalue weighted by Gasteiger charge is -2.30. The van der Waals surface area contributed by atoms with E-state index >= 15 is 0 Å². The summed E-state index contributed by atoms with van der Waals surface area (Å²) in [7, 11) is 0. The first-order valence-electron chi connectivity index (χ1n) is 9.02. The third-order valence-electron chi connectivity index (χ3n) is 4.59. The Kier molecular flexibility index (Phi) is 5.90. The second-order valence-electron chi connectivity index (χ2n) is 7.26.